The Balaban J connectivity index is 2.12. The van der Waals surface area contributed by atoms with Gasteiger partial charge in [0, 0.05) is 11.2 Å². The molecule has 4 heteroatoms. The zero-order valence-electron chi connectivity index (χ0n) is 11.9. The van der Waals surface area contributed by atoms with E-state index in [1.165, 1.54) is 22.5 Å². The second kappa shape index (κ2) is 5.51. The topological polar surface area (TPSA) is 28.8 Å². The average molecular weight is 315 g/mol. The van der Waals surface area contributed by atoms with Crippen molar-refractivity contribution in [1.82, 2.24) is 4.57 Å². The fourth-order valence-corrected chi connectivity index (χ4v) is 3.26. The lowest BCUT2D eigenvalue weighted by molar-refractivity contribution is 0.966. The fraction of sp³-hybridized carbons (Fsp3) is 0.118. The van der Waals surface area contributed by atoms with Crippen LogP contribution in [0.4, 0.5) is 0 Å². The standard InChI is InChI=1S/C17H15ClN2S/c1-11-3-4-12(2)15(9-11)20-10-16(21-17(20)19)13-5-7-14(18)8-6-13/h3-10,19H,1-2H3. The van der Waals surface area contributed by atoms with Crippen molar-refractivity contribution in [3.63, 3.8) is 0 Å². The molecule has 0 atom stereocenters. The van der Waals surface area contributed by atoms with E-state index in [4.69, 9.17) is 17.0 Å². The van der Waals surface area contributed by atoms with Crippen molar-refractivity contribution in [2.45, 2.75) is 13.8 Å². The third-order valence-corrected chi connectivity index (χ3v) is 4.63. The van der Waals surface area contributed by atoms with Crippen LogP contribution in [0.15, 0.2) is 48.7 Å². The maximum atomic E-state index is 8.24. The highest BCUT2D eigenvalue weighted by Gasteiger charge is 2.08. The quantitative estimate of drug-likeness (QED) is 0.693. The van der Waals surface area contributed by atoms with Crippen molar-refractivity contribution >= 4 is 22.9 Å². The summed E-state index contributed by atoms with van der Waals surface area (Å²) in [7, 11) is 0. The highest BCUT2D eigenvalue weighted by molar-refractivity contribution is 7.12. The number of halogens is 1. The number of hydrogen-bond donors (Lipinski definition) is 1. The molecule has 1 heterocycles. The van der Waals surface area contributed by atoms with Crippen molar-refractivity contribution < 1.29 is 0 Å². The Labute approximate surface area is 132 Å². The summed E-state index contributed by atoms with van der Waals surface area (Å²) in [5, 5.41) is 8.97. The van der Waals surface area contributed by atoms with Gasteiger partial charge in [-0.2, -0.15) is 0 Å². The number of aryl methyl sites for hydroxylation is 2. The number of hydrogen-bond acceptors (Lipinski definition) is 2. The van der Waals surface area contributed by atoms with Crippen LogP contribution in [-0.4, -0.2) is 4.57 Å². The smallest absolute Gasteiger partial charge is 0.187 e. The maximum absolute atomic E-state index is 8.24. The number of nitrogens with zero attached hydrogens (tertiary/aromatic N) is 1. The number of aromatic nitrogens is 1. The predicted molar refractivity (Wildman–Crippen MR) is 89.4 cm³/mol. The Bertz CT molecular complexity index is 844. The van der Waals surface area contributed by atoms with Crippen molar-refractivity contribution in [1.29, 1.82) is 5.41 Å². The molecule has 0 fully saturated rings. The summed E-state index contributed by atoms with van der Waals surface area (Å²) in [6.45, 7) is 4.14. The summed E-state index contributed by atoms with van der Waals surface area (Å²) in [5.41, 5.74) is 4.51. The minimum absolute atomic E-state index is 0.522. The molecule has 0 unspecified atom stereocenters. The van der Waals surface area contributed by atoms with Crippen molar-refractivity contribution in [2.75, 3.05) is 0 Å². The molecule has 0 bridgehead atoms. The Morgan fingerprint density at radius 1 is 1.05 bits per heavy atom. The van der Waals surface area contributed by atoms with Crippen LogP contribution >= 0.6 is 22.9 Å². The van der Waals surface area contributed by atoms with Crippen LogP contribution in [0.2, 0.25) is 5.02 Å². The van der Waals surface area contributed by atoms with Gasteiger partial charge in [-0.15, -0.1) is 0 Å². The molecule has 0 amide bonds. The molecule has 21 heavy (non-hydrogen) atoms. The second-order valence-corrected chi connectivity index (χ2v) is 6.53. The highest BCUT2D eigenvalue weighted by atomic mass is 35.5. The van der Waals surface area contributed by atoms with Crippen LogP contribution in [0.25, 0.3) is 16.1 Å². The minimum atomic E-state index is 0.522. The van der Waals surface area contributed by atoms with E-state index in [0.717, 1.165) is 21.2 Å². The van der Waals surface area contributed by atoms with Gasteiger partial charge in [0.05, 0.1) is 10.6 Å². The molecule has 0 saturated carbocycles. The zero-order valence-corrected chi connectivity index (χ0v) is 13.4. The summed E-state index contributed by atoms with van der Waals surface area (Å²) in [6, 6.07) is 14.0. The third kappa shape index (κ3) is 2.80. The Morgan fingerprint density at radius 2 is 1.76 bits per heavy atom. The number of thiazole rings is 1. The van der Waals surface area contributed by atoms with E-state index in [1.54, 1.807) is 0 Å². The molecule has 0 aliphatic rings. The molecule has 0 radical (unpaired) electrons. The van der Waals surface area contributed by atoms with Gasteiger partial charge < -0.3 is 0 Å². The van der Waals surface area contributed by atoms with Crippen LogP contribution in [0.5, 0.6) is 0 Å². The van der Waals surface area contributed by atoms with Crippen LogP contribution in [0, 0.1) is 19.3 Å². The Kier molecular flexibility index (Phi) is 3.70. The van der Waals surface area contributed by atoms with E-state index in [9.17, 15) is 0 Å². The van der Waals surface area contributed by atoms with Gasteiger partial charge in [-0.3, -0.25) is 9.98 Å². The van der Waals surface area contributed by atoms with E-state index < -0.39 is 0 Å². The lowest BCUT2D eigenvalue weighted by Crippen LogP contribution is -2.10. The maximum Gasteiger partial charge on any atom is 0.187 e. The van der Waals surface area contributed by atoms with Gasteiger partial charge in [-0.1, -0.05) is 47.2 Å². The van der Waals surface area contributed by atoms with E-state index in [0.29, 0.717) is 4.80 Å². The minimum Gasteiger partial charge on any atom is -0.292 e. The van der Waals surface area contributed by atoms with E-state index in [1.807, 2.05) is 35.0 Å². The molecule has 2 nitrogen and oxygen atoms in total. The largest absolute Gasteiger partial charge is 0.292 e. The lowest BCUT2D eigenvalue weighted by Gasteiger charge is -2.07. The number of nitrogens with one attached hydrogen (secondary N) is 1. The van der Waals surface area contributed by atoms with Crippen LogP contribution in [-0.2, 0) is 0 Å². The van der Waals surface area contributed by atoms with Gasteiger partial charge in [-0.25, -0.2) is 0 Å². The summed E-state index contributed by atoms with van der Waals surface area (Å²) in [4.78, 5) is 1.59. The van der Waals surface area contributed by atoms with Gasteiger partial charge in [0.2, 0.25) is 0 Å². The molecular formula is C17H15ClN2S. The molecule has 3 rings (SSSR count). The molecule has 2 aromatic carbocycles. The molecule has 0 spiro atoms. The Morgan fingerprint density at radius 3 is 2.48 bits per heavy atom. The van der Waals surface area contributed by atoms with Crippen molar-refractivity contribution in [3.8, 4) is 16.1 Å². The first-order chi connectivity index (χ1) is 10.0. The Hall–Kier alpha value is -1.84. The second-order valence-electron chi connectivity index (χ2n) is 5.07. The van der Waals surface area contributed by atoms with E-state index in [-0.39, 0.29) is 0 Å². The number of rotatable bonds is 2. The highest BCUT2D eigenvalue weighted by Crippen LogP contribution is 2.26. The third-order valence-electron chi connectivity index (χ3n) is 3.42. The molecule has 1 N–H and O–H groups in total. The SMILES string of the molecule is Cc1ccc(C)c(-n2cc(-c3ccc(Cl)cc3)sc2=N)c1. The monoisotopic (exact) mass is 314 g/mol. The van der Waals surface area contributed by atoms with Gasteiger partial charge in [0.1, 0.15) is 0 Å². The molecule has 1 aromatic heterocycles. The number of benzene rings is 2. The molecule has 0 saturated heterocycles. The van der Waals surface area contributed by atoms with Crippen LogP contribution in [0.1, 0.15) is 11.1 Å². The lowest BCUT2D eigenvalue weighted by atomic mass is 10.1. The summed E-state index contributed by atoms with van der Waals surface area (Å²) < 4.78 is 1.94. The summed E-state index contributed by atoms with van der Waals surface area (Å²) in [6.07, 6.45) is 2.03. The van der Waals surface area contributed by atoms with E-state index >= 15 is 0 Å². The first-order valence-corrected chi connectivity index (χ1v) is 7.85. The molecular weight excluding hydrogens is 300 g/mol. The molecule has 0 aliphatic carbocycles. The van der Waals surface area contributed by atoms with Gasteiger partial charge in [-0.05, 0) is 48.7 Å². The van der Waals surface area contributed by atoms with Crippen molar-refractivity contribution in [3.05, 3.63) is 69.6 Å². The van der Waals surface area contributed by atoms with E-state index in [2.05, 4.69) is 32.0 Å². The van der Waals surface area contributed by atoms with Crippen LogP contribution in [0.3, 0.4) is 0 Å². The average Bonchev–Trinajstić information content (AvgIpc) is 2.84. The summed E-state index contributed by atoms with van der Waals surface area (Å²) in [5.74, 6) is 0. The van der Waals surface area contributed by atoms with Crippen LogP contribution < -0.4 is 4.80 Å². The van der Waals surface area contributed by atoms with Gasteiger partial charge in [0.15, 0.2) is 4.80 Å². The first-order valence-electron chi connectivity index (χ1n) is 6.65. The fourth-order valence-electron chi connectivity index (χ4n) is 2.26. The van der Waals surface area contributed by atoms with Gasteiger partial charge >= 0.3 is 0 Å². The van der Waals surface area contributed by atoms with Gasteiger partial charge in [0.25, 0.3) is 0 Å². The summed E-state index contributed by atoms with van der Waals surface area (Å²) >= 11 is 7.40. The van der Waals surface area contributed by atoms with Crippen molar-refractivity contribution in [2.24, 2.45) is 0 Å². The zero-order chi connectivity index (χ0) is 15.0. The first kappa shape index (κ1) is 14.1. The predicted octanol–water partition coefficient (Wildman–Crippen LogP) is 4.96. The molecule has 106 valence electrons. The normalized spacial score (nSPS) is 10.8. The molecule has 3 aromatic rings. The molecule has 0 aliphatic heterocycles.